The van der Waals surface area contributed by atoms with Gasteiger partial charge in [-0.1, -0.05) is 11.6 Å². The highest BCUT2D eigenvalue weighted by molar-refractivity contribution is 9.10. The second-order valence-corrected chi connectivity index (χ2v) is 5.88. The molecule has 0 unspecified atom stereocenters. The number of rotatable bonds is 4. The highest BCUT2D eigenvalue weighted by Gasteiger charge is 2.15. The van der Waals surface area contributed by atoms with Crippen LogP contribution in [0, 0.1) is 0 Å². The van der Waals surface area contributed by atoms with Gasteiger partial charge in [0, 0.05) is 21.8 Å². The van der Waals surface area contributed by atoms with Crippen molar-refractivity contribution in [1.29, 1.82) is 0 Å². The van der Waals surface area contributed by atoms with Gasteiger partial charge in [-0.05, 0) is 22.0 Å². The van der Waals surface area contributed by atoms with Gasteiger partial charge in [0.1, 0.15) is 6.33 Å². The fraction of sp³-hybridized carbons (Fsp3) is 0.273. The lowest BCUT2D eigenvalue weighted by Gasteiger charge is -2.19. The summed E-state index contributed by atoms with van der Waals surface area (Å²) in [5, 5.41) is 2.37. The summed E-state index contributed by atoms with van der Waals surface area (Å²) in [6.45, 7) is 0.736. The molecular weight excluding hydrogens is 338 g/mol. The summed E-state index contributed by atoms with van der Waals surface area (Å²) in [5.41, 5.74) is 0. The number of hydrogen-bond acceptors (Lipinski definition) is 5. The van der Waals surface area contributed by atoms with E-state index in [-0.39, 0.29) is 0 Å². The predicted molar refractivity (Wildman–Crippen MR) is 77.7 cm³/mol. The first-order valence-corrected chi connectivity index (χ1v) is 7.15. The van der Waals surface area contributed by atoms with Crippen LogP contribution in [-0.4, -0.2) is 24.1 Å². The Hall–Kier alpha value is -0.850. The minimum Gasteiger partial charge on any atom is -0.490 e. The van der Waals surface area contributed by atoms with Crippen LogP contribution in [0.15, 0.2) is 22.2 Å². The molecule has 18 heavy (non-hydrogen) atoms. The Balaban J connectivity index is 2.23. The van der Waals surface area contributed by atoms with Gasteiger partial charge >= 0.3 is 0 Å². The fourth-order valence-electron chi connectivity index (χ4n) is 1.54. The molecule has 0 N–H and O–H groups in total. The lowest BCUT2D eigenvalue weighted by atomic mass is 10.4. The molecule has 4 nitrogen and oxygen atoms in total. The largest absolute Gasteiger partial charge is 0.490 e. The van der Waals surface area contributed by atoms with Gasteiger partial charge in [0.2, 0.25) is 0 Å². The molecule has 0 spiro atoms. The fourth-order valence-corrected chi connectivity index (χ4v) is 3.25. The van der Waals surface area contributed by atoms with E-state index in [4.69, 9.17) is 16.3 Å². The molecule has 0 aromatic carbocycles. The summed E-state index contributed by atoms with van der Waals surface area (Å²) < 4.78 is 6.32. The van der Waals surface area contributed by atoms with E-state index in [2.05, 4.69) is 32.0 Å². The zero-order valence-corrected chi connectivity index (χ0v) is 13.0. The molecule has 0 fully saturated rings. The highest BCUT2D eigenvalue weighted by atomic mass is 79.9. The molecule has 0 amide bonds. The van der Waals surface area contributed by atoms with Gasteiger partial charge in [-0.2, -0.15) is 0 Å². The van der Waals surface area contributed by atoms with E-state index in [1.807, 2.05) is 17.3 Å². The van der Waals surface area contributed by atoms with Crippen LogP contribution in [0.1, 0.15) is 4.88 Å². The summed E-state index contributed by atoms with van der Waals surface area (Å²) in [6.07, 6.45) is 1.43. The van der Waals surface area contributed by atoms with E-state index < -0.39 is 0 Å². The Kier molecular flexibility index (Phi) is 4.42. The molecule has 96 valence electrons. The summed E-state index contributed by atoms with van der Waals surface area (Å²) >= 11 is 11.1. The molecule has 0 aliphatic rings. The van der Waals surface area contributed by atoms with Gasteiger partial charge in [-0.15, -0.1) is 11.3 Å². The molecule has 2 aromatic rings. The molecule has 0 saturated carbocycles. The van der Waals surface area contributed by atoms with Crippen LogP contribution < -0.4 is 9.64 Å². The van der Waals surface area contributed by atoms with Gasteiger partial charge in [-0.3, -0.25) is 0 Å². The standard InChI is InChI=1S/C11H11BrClN3OS/c1-16(4-8-3-7(12)5-18-8)11-9(17-2)10(13)14-6-15-11/h3,5-6H,4H2,1-2H3. The molecule has 7 heteroatoms. The van der Waals surface area contributed by atoms with E-state index in [0.717, 1.165) is 11.0 Å². The Labute approximate surface area is 123 Å². The summed E-state index contributed by atoms with van der Waals surface area (Å²) in [4.78, 5) is 11.3. The third-order valence-electron chi connectivity index (χ3n) is 2.32. The number of hydrogen-bond donors (Lipinski definition) is 0. The van der Waals surface area contributed by atoms with Crippen molar-refractivity contribution < 1.29 is 4.74 Å². The predicted octanol–water partition coefficient (Wildman–Crippen LogP) is 3.60. The first-order chi connectivity index (χ1) is 8.61. The third-order valence-corrected chi connectivity index (χ3v) is 4.27. The van der Waals surface area contributed by atoms with Crippen LogP contribution in [-0.2, 0) is 6.54 Å². The van der Waals surface area contributed by atoms with Crippen molar-refractivity contribution in [3.05, 3.63) is 32.3 Å². The number of thiophene rings is 1. The lowest BCUT2D eigenvalue weighted by molar-refractivity contribution is 0.411. The van der Waals surface area contributed by atoms with E-state index >= 15 is 0 Å². The Bertz CT molecular complexity index is 549. The van der Waals surface area contributed by atoms with Crippen molar-refractivity contribution in [3.63, 3.8) is 0 Å². The molecule has 0 saturated heterocycles. The second kappa shape index (κ2) is 5.86. The van der Waals surface area contributed by atoms with Crippen molar-refractivity contribution in [1.82, 2.24) is 9.97 Å². The molecule has 0 atom stereocenters. The average Bonchev–Trinajstić information content (AvgIpc) is 2.74. The first-order valence-electron chi connectivity index (χ1n) is 5.10. The minimum absolute atomic E-state index is 0.321. The lowest BCUT2D eigenvalue weighted by Crippen LogP contribution is -2.18. The molecular formula is C11H11BrClN3OS. The van der Waals surface area contributed by atoms with Crippen LogP contribution >= 0.6 is 38.9 Å². The molecule has 0 radical (unpaired) electrons. The third kappa shape index (κ3) is 2.93. The van der Waals surface area contributed by atoms with Crippen molar-refractivity contribution in [3.8, 4) is 5.75 Å². The molecule has 0 bridgehead atoms. The first kappa shape index (κ1) is 13.6. The summed E-state index contributed by atoms with van der Waals surface area (Å²) in [6, 6.07) is 2.08. The van der Waals surface area contributed by atoms with Crippen molar-refractivity contribution in [2.75, 3.05) is 19.1 Å². The minimum atomic E-state index is 0.321. The molecule has 0 aliphatic carbocycles. The number of aromatic nitrogens is 2. The molecule has 2 heterocycles. The van der Waals surface area contributed by atoms with Crippen molar-refractivity contribution in [2.45, 2.75) is 6.54 Å². The van der Waals surface area contributed by atoms with Crippen LogP contribution in [0.4, 0.5) is 5.82 Å². The highest BCUT2D eigenvalue weighted by Crippen LogP contribution is 2.32. The number of nitrogens with zero attached hydrogens (tertiary/aromatic N) is 3. The van der Waals surface area contributed by atoms with Crippen LogP contribution in [0.3, 0.4) is 0 Å². The van der Waals surface area contributed by atoms with E-state index in [9.17, 15) is 0 Å². The maximum absolute atomic E-state index is 5.97. The second-order valence-electron chi connectivity index (χ2n) is 3.61. The van der Waals surface area contributed by atoms with E-state index in [1.165, 1.54) is 11.2 Å². The van der Waals surface area contributed by atoms with Crippen LogP contribution in [0.2, 0.25) is 5.15 Å². The molecule has 2 rings (SSSR count). The number of ether oxygens (including phenoxy) is 1. The molecule has 0 aliphatic heterocycles. The molecule has 2 aromatic heterocycles. The Morgan fingerprint density at radius 1 is 1.50 bits per heavy atom. The average molecular weight is 349 g/mol. The maximum atomic E-state index is 5.97. The Morgan fingerprint density at radius 2 is 2.28 bits per heavy atom. The zero-order valence-electron chi connectivity index (χ0n) is 9.85. The topological polar surface area (TPSA) is 38.3 Å². The maximum Gasteiger partial charge on any atom is 0.199 e. The monoisotopic (exact) mass is 347 g/mol. The zero-order chi connectivity index (χ0) is 13.1. The van der Waals surface area contributed by atoms with E-state index in [1.54, 1.807) is 18.4 Å². The number of anilines is 1. The smallest absolute Gasteiger partial charge is 0.199 e. The number of halogens is 2. The quantitative estimate of drug-likeness (QED) is 0.791. The van der Waals surface area contributed by atoms with Gasteiger partial charge in [0.05, 0.1) is 13.7 Å². The SMILES string of the molecule is COc1c(Cl)ncnc1N(C)Cc1cc(Br)cs1. The van der Waals surface area contributed by atoms with Gasteiger partial charge < -0.3 is 9.64 Å². The van der Waals surface area contributed by atoms with Crippen molar-refractivity contribution >= 4 is 44.7 Å². The normalized spacial score (nSPS) is 10.4. The van der Waals surface area contributed by atoms with Gasteiger partial charge in [0.15, 0.2) is 16.7 Å². The van der Waals surface area contributed by atoms with Crippen molar-refractivity contribution in [2.24, 2.45) is 0 Å². The van der Waals surface area contributed by atoms with Gasteiger partial charge in [0.25, 0.3) is 0 Å². The van der Waals surface area contributed by atoms with E-state index in [0.29, 0.717) is 16.7 Å². The summed E-state index contributed by atoms with van der Waals surface area (Å²) in [5.74, 6) is 1.18. The van der Waals surface area contributed by atoms with Crippen LogP contribution in [0.5, 0.6) is 5.75 Å². The van der Waals surface area contributed by atoms with Gasteiger partial charge in [-0.25, -0.2) is 9.97 Å². The van der Waals surface area contributed by atoms with Crippen LogP contribution in [0.25, 0.3) is 0 Å². The summed E-state index contributed by atoms with van der Waals surface area (Å²) in [7, 11) is 3.50. The number of methoxy groups -OCH3 is 1. The Morgan fingerprint density at radius 3 is 2.89 bits per heavy atom.